The van der Waals surface area contributed by atoms with E-state index in [-0.39, 0.29) is 17.3 Å². The van der Waals surface area contributed by atoms with Crippen molar-refractivity contribution in [3.05, 3.63) is 92.9 Å². The molecule has 1 unspecified atom stereocenters. The van der Waals surface area contributed by atoms with Gasteiger partial charge in [-0.3, -0.25) is 14.2 Å². The lowest BCUT2D eigenvalue weighted by Gasteiger charge is -2.32. The van der Waals surface area contributed by atoms with Crippen molar-refractivity contribution < 1.29 is 9.18 Å². The van der Waals surface area contributed by atoms with E-state index in [0.717, 1.165) is 12.8 Å². The molecule has 2 aromatic carbocycles. The van der Waals surface area contributed by atoms with Crippen molar-refractivity contribution in [2.75, 3.05) is 6.54 Å². The van der Waals surface area contributed by atoms with Crippen molar-refractivity contribution in [2.45, 2.75) is 39.2 Å². The Labute approximate surface area is 196 Å². The SMILES string of the molecule is CCCCN(C(=O)c1cccs1)C(CC)c1nc2ccccc2c(=O)n1-c1ccc(F)cc1. The number of carbonyl (C=O) groups excluding carboxylic acids is 1. The Balaban J connectivity index is 1.94. The second kappa shape index (κ2) is 10.1. The molecule has 7 heteroatoms. The number of nitrogens with zero attached hydrogens (tertiary/aromatic N) is 3. The van der Waals surface area contributed by atoms with Gasteiger partial charge in [0.15, 0.2) is 0 Å². The van der Waals surface area contributed by atoms with Gasteiger partial charge in [-0.15, -0.1) is 11.3 Å². The molecule has 33 heavy (non-hydrogen) atoms. The number of amides is 1. The molecule has 5 nitrogen and oxygen atoms in total. The van der Waals surface area contributed by atoms with Gasteiger partial charge >= 0.3 is 0 Å². The van der Waals surface area contributed by atoms with Crippen molar-refractivity contribution in [1.82, 2.24) is 14.5 Å². The average Bonchev–Trinajstić information content (AvgIpc) is 3.37. The number of halogens is 1. The number of thiophene rings is 1. The molecule has 0 saturated heterocycles. The fraction of sp³-hybridized carbons (Fsp3) is 0.269. The van der Waals surface area contributed by atoms with Crippen molar-refractivity contribution in [2.24, 2.45) is 0 Å². The zero-order valence-corrected chi connectivity index (χ0v) is 19.5. The fourth-order valence-electron chi connectivity index (χ4n) is 4.02. The fourth-order valence-corrected chi connectivity index (χ4v) is 4.70. The van der Waals surface area contributed by atoms with E-state index in [1.165, 1.54) is 28.0 Å². The highest BCUT2D eigenvalue weighted by Crippen LogP contribution is 2.28. The van der Waals surface area contributed by atoms with E-state index in [4.69, 9.17) is 4.98 Å². The molecule has 0 saturated carbocycles. The second-order valence-electron chi connectivity index (χ2n) is 7.86. The van der Waals surface area contributed by atoms with E-state index in [1.807, 2.05) is 35.4 Å². The topological polar surface area (TPSA) is 55.2 Å². The first-order chi connectivity index (χ1) is 16.0. The van der Waals surface area contributed by atoms with Crippen LogP contribution in [-0.4, -0.2) is 26.9 Å². The molecule has 0 aliphatic carbocycles. The smallest absolute Gasteiger partial charge is 0.266 e. The van der Waals surface area contributed by atoms with Crippen LogP contribution in [0, 0.1) is 5.82 Å². The molecule has 1 atom stereocenters. The molecular formula is C26H26FN3O2S. The molecule has 0 radical (unpaired) electrons. The number of fused-ring (bicyclic) bond motifs is 1. The normalized spacial score (nSPS) is 12.1. The summed E-state index contributed by atoms with van der Waals surface area (Å²) in [5.41, 5.74) is 0.861. The quantitative estimate of drug-likeness (QED) is 0.323. The minimum absolute atomic E-state index is 0.0710. The third kappa shape index (κ3) is 4.59. The molecule has 2 heterocycles. The Hall–Kier alpha value is -3.32. The van der Waals surface area contributed by atoms with Crippen LogP contribution < -0.4 is 5.56 Å². The van der Waals surface area contributed by atoms with E-state index in [9.17, 15) is 14.0 Å². The van der Waals surface area contributed by atoms with Crippen LogP contribution >= 0.6 is 11.3 Å². The van der Waals surface area contributed by atoms with Crippen molar-refractivity contribution in [1.29, 1.82) is 0 Å². The lowest BCUT2D eigenvalue weighted by molar-refractivity contribution is 0.0661. The number of hydrogen-bond donors (Lipinski definition) is 0. The van der Waals surface area contributed by atoms with Crippen LogP contribution in [0.1, 0.15) is 54.6 Å². The molecule has 0 spiro atoms. The summed E-state index contributed by atoms with van der Waals surface area (Å²) in [5.74, 6) is 0.0266. The molecule has 4 rings (SSSR count). The molecular weight excluding hydrogens is 437 g/mol. The summed E-state index contributed by atoms with van der Waals surface area (Å²) in [6.07, 6.45) is 2.34. The zero-order valence-electron chi connectivity index (χ0n) is 18.7. The largest absolute Gasteiger partial charge is 0.328 e. The highest BCUT2D eigenvalue weighted by Gasteiger charge is 2.29. The van der Waals surface area contributed by atoms with Crippen LogP contribution in [0.4, 0.5) is 4.39 Å². The van der Waals surface area contributed by atoms with Gasteiger partial charge in [-0.05, 0) is 60.7 Å². The van der Waals surface area contributed by atoms with Gasteiger partial charge in [-0.25, -0.2) is 9.37 Å². The van der Waals surface area contributed by atoms with E-state index in [0.29, 0.717) is 40.3 Å². The lowest BCUT2D eigenvalue weighted by Crippen LogP contribution is -2.39. The van der Waals surface area contributed by atoms with Gasteiger partial charge in [0.2, 0.25) is 0 Å². The van der Waals surface area contributed by atoms with Gasteiger partial charge < -0.3 is 4.90 Å². The highest BCUT2D eigenvalue weighted by atomic mass is 32.1. The first-order valence-corrected chi connectivity index (χ1v) is 12.0. The maximum atomic E-state index is 13.7. The van der Waals surface area contributed by atoms with Crippen LogP contribution in [0.25, 0.3) is 16.6 Å². The summed E-state index contributed by atoms with van der Waals surface area (Å²) >= 11 is 1.40. The Morgan fingerprint density at radius 3 is 2.52 bits per heavy atom. The van der Waals surface area contributed by atoms with Crippen molar-refractivity contribution in [3.63, 3.8) is 0 Å². The van der Waals surface area contributed by atoms with Crippen LogP contribution in [0.5, 0.6) is 0 Å². The number of benzene rings is 2. The lowest BCUT2D eigenvalue weighted by atomic mass is 10.1. The van der Waals surface area contributed by atoms with Crippen LogP contribution in [0.2, 0.25) is 0 Å². The number of carbonyl (C=O) groups is 1. The van der Waals surface area contributed by atoms with Crippen LogP contribution in [-0.2, 0) is 0 Å². The van der Waals surface area contributed by atoms with Gasteiger partial charge in [0.05, 0.1) is 27.5 Å². The molecule has 0 aliphatic heterocycles. The number of unbranched alkanes of at least 4 members (excludes halogenated alkanes) is 1. The molecule has 2 aromatic heterocycles. The molecule has 170 valence electrons. The summed E-state index contributed by atoms with van der Waals surface area (Å²) in [7, 11) is 0. The number of aromatic nitrogens is 2. The third-order valence-electron chi connectivity index (χ3n) is 5.69. The number of hydrogen-bond acceptors (Lipinski definition) is 4. The Bertz CT molecular complexity index is 1300. The van der Waals surface area contributed by atoms with Gasteiger partial charge in [-0.2, -0.15) is 0 Å². The van der Waals surface area contributed by atoms with E-state index >= 15 is 0 Å². The summed E-state index contributed by atoms with van der Waals surface area (Å²) in [6.45, 7) is 4.62. The molecule has 1 amide bonds. The molecule has 0 fully saturated rings. The van der Waals surface area contributed by atoms with Gasteiger partial charge in [0.25, 0.3) is 11.5 Å². The maximum absolute atomic E-state index is 13.7. The Kier molecular flexibility index (Phi) is 6.99. The first-order valence-electron chi connectivity index (χ1n) is 11.2. The van der Waals surface area contributed by atoms with E-state index < -0.39 is 6.04 Å². The Morgan fingerprint density at radius 1 is 1.09 bits per heavy atom. The van der Waals surface area contributed by atoms with Gasteiger partial charge in [-0.1, -0.05) is 38.5 Å². The summed E-state index contributed by atoms with van der Waals surface area (Å²) in [4.78, 5) is 34.5. The van der Waals surface area contributed by atoms with Crippen molar-refractivity contribution in [3.8, 4) is 5.69 Å². The standard InChI is InChI=1S/C26H26FN3O2S/c1-3-5-16-29(26(32)23-11-8-17-33-23)22(4-2)24-28-21-10-7-6-9-20(21)25(31)30(24)19-14-12-18(27)13-15-19/h6-15,17,22H,3-5,16H2,1-2H3. The predicted octanol–water partition coefficient (Wildman–Crippen LogP) is 5.98. The Morgan fingerprint density at radius 2 is 1.85 bits per heavy atom. The number of rotatable bonds is 8. The maximum Gasteiger partial charge on any atom is 0.266 e. The summed E-state index contributed by atoms with van der Waals surface area (Å²) < 4.78 is 15.2. The minimum Gasteiger partial charge on any atom is -0.328 e. The van der Waals surface area contributed by atoms with Gasteiger partial charge in [0, 0.05) is 6.54 Å². The minimum atomic E-state index is -0.423. The average molecular weight is 464 g/mol. The van der Waals surface area contributed by atoms with E-state index in [1.54, 1.807) is 30.3 Å². The van der Waals surface area contributed by atoms with Crippen molar-refractivity contribution >= 4 is 28.1 Å². The molecule has 0 N–H and O–H groups in total. The first kappa shape index (κ1) is 22.9. The summed E-state index contributed by atoms with van der Waals surface area (Å²) in [6, 6.07) is 16.2. The molecule has 4 aromatic rings. The third-order valence-corrected chi connectivity index (χ3v) is 6.55. The molecule has 0 bridgehead atoms. The highest BCUT2D eigenvalue weighted by molar-refractivity contribution is 7.12. The number of para-hydroxylation sites is 1. The monoisotopic (exact) mass is 463 g/mol. The predicted molar refractivity (Wildman–Crippen MR) is 131 cm³/mol. The molecule has 0 aliphatic rings. The van der Waals surface area contributed by atoms with Crippen LogP contribution in [0.3, 0.4) is 0 Å². The zero-order chi connectivity index (χ0) is 23.4. The second-order valence-corrected chi connectivity index (χ2v) is 8.81. The summed E-state index contributed by atoms with van der Waals surface area (Å²) in [5, 5.41) is 2.36. The van der Waals surface area contributed by atoms with E-state index in [2.05, 4.69) is 6.92 Å². The van der Waals surface area contributed by atoms with Crippen LogP contribution in [0.15, 0.2) is 70.8 Å². The van der Waals surface area contributed by atoms with Gasteiger partial charge in [0.1, 0.15) is 11.6 Å².